The van der Waals surface area contributed by atoms with E-state index in [-0.39, 0.29) is 0 Å². The Morgan fingerprint density at radius 3 is 2.06 bits per heavy atom. The molecule has 0 aliphatic carbocycles. The molecule has 0 bridgehead atoms. The van der Waals surface area contributed by atoms with Crippen molar-refractivity contribution in [2.45, 2.75) is 46.6 Å². The van der Waals surface area contributed by atoms with Gasteiger partial charge in [-0.3, -0.25) is 4.90 Å². The summed E-state index contributed by atoms with van der Waals surface area (Å²) in [7, 11) is 4.31. The van der Waals surface area contributed by atoms with E-state index in [4.69, 9.17) is 0 Å². The summed E-state index contributed by atoms with van der Waals surface area (Å²) in [6, 6.07) is 0.684. The van der Waals surface area contributed by atoms with Crippen molar-refractivity contribution in [3.63, 3.8) is 0 Å². The van der Waals surface area contributed by atoms with Crippen LogP contribution in [0.15, 0.2) is 0 Å². The monoisotopic (exact) mass is 257 g/mol. The molecule has 0 spiro atoms. The summed E-state index contributed by atoms with van der Waals surface area (Å²) in [5, 5.41) is 3.61. The summed E-state index contributed by atoms with van der Waals surface area (Å²) in [5.41, 5.74) is 0. The van der Waals surface area contributed by atoms with Crippen LogP contribution in [0.1, 0.15) is 40.5 Å². The lowest BCUT2D eigenvalue weighted by atomic mass is 10.1. The third-order valence-electron chi connectivity index (χ3n) is 3.27. The lowest BCUT2D eigenvalue weighted by Gasteiger charge is -2.32. The molecule has 3 heteroatoms. The molecule has 0 saturated carbocycles. The Bertz CT molecular complexity index is 181. The maximum atomic E-state index is 3.61. The van der Waals surface area contributed by atoms with Crippen LogP contribution in [0.5, 0.6) is 0 Å². The van der Waals surface area contributed by atoms with E-state index >= 15 is 0 Å². The van der Waals surface area contributed by atoms with Crippen molar-refractivity contribution < 1.29 is 0 Å². The van der Waals surface area contributed by atoms with Gasteiger partial charge in [0.05, 0.1) is 0 Å². The highest BCUT2D eigenvalue weighted by Gasteiger charge is 2.15. The van der Waals surface area contributed by atoms with E-state index < -0.39 is 0 Å². The minimum absolute atomic E-state index is 0.684. The summed E-state index contributed by atoms with van der Waals surface area (Å²) in [4.78, 5) is 4.92. The first kappa shape index (κ1) is 17.9. The fourth-order valence-corrected chi connectivity index (χ4v) is 2.16. The van der Waals surface area contributed by atoms with Gasteiger partial charge in [0, 0.05) is 25.7 Å². The van der Waals surface area contributed by atoms with Crippen LogP contribution in [-0.2, 0) is 0 Å². The SMILES string of the molecule is CCCN(CCN(C)C)C(CC)CNCC(C)C. The molecule has 1 atom stereocenters. The van der Waals surface area contributed by atoms with E-state index in [9.17, 15) is 0 Å². The first-order valence-electron chi connectivity index (χ1n) is 7.60. The molecule has 3 nitrogen and oxygen atoms in total. The number of likely N-dealkylation sites (N-methyl/N-ethyl adjacent to an activating group) is 1. The van der Waals surface area contributed by atoms with Crippen LogP contribution in [0.4, 0.5) is 0 Å². The highest BCUT2D eigenvalue weighted by atomic mass is 15.2. The lowest BCUT2D eigenvalue weighted by molar-refractivity contribution is 0.169. The average Bonchev–Trinajstić information content (AvgIpc) is 2.30. The smallest absolute Gasteiger partial charge is 0.0218 e. The topological polar surface area (TPSA) is 18.5 Å². The van der Waals surface area contributed by atoms with E-state index in [2.05, 4.69) is 56.9 Å². The highest BCUT2D eigenvalue weighted by Crippen LogP contribution is 2.05. The van der Waals surface area contributed by atoms with Crippen molar-refractivity contribution in [1.29, 1.82) is 0 Å². The highest BCUT2D eigenvalue weighted by molar-refractivity contribution is 4.73. The van der Waals surface area contributed by atoms with Gasteiger partial charge in [-0.15, -0.1) is 0 Å². The second-order valence-corrected chi connectivity index (χ2v) is 5.95. The first-order valence-corrected chi connectivity index (χ1v) is 7.60. The molecule has 0 rings (SSSR count). The van der Waals surface area contributed by atoms with Crippen LogP contribution in [0.2, 0.25) is 0 Å². The molecular weight excluding hydrogens is 222 g/mol. The van der Waals surface area contributed by atoms with E-state index in [0.717, 1.165) is 25.6 Å². The molecule has 0 aliphatic heterocycles. The zero-order valence-corrected chi connectivity index (χ0v) is 13.5. The van der Waals surface area contributed by atoms with Gasteiger partial charge in [-0.25, -0.2) is 0 Å². The summed E-state index contributed by atoms with van der Waals surface area (Å²) in [6.07, 6.45) is 2.48. The van der Waals surface area contributed by atoms with Gasteiger partial charge in [-0.05, 0) is 45.9 Å². The Hall–Kier alpha value is -0.120. The lowest BCUT2D eigenvalue weighted by Crippen LogP contribution is -2.45. The van der Waals surface area contributed by atoms with Crippen molar-refractivity contribution in [1.82, 2.24) is 15.1 Å². The van der Waals surface area contributed by atoms with Crippen molar-refractivity contribution in [3.8, 4) is 0 Å². The fourth-order valence-electron chi connectivity index (χ4n) is 2.16. The van der Waals surface area contributed by atoms with Crippen LogP contribution >= 0.6 is 0 Å². The van der Waals surface area contributed by atoms with E-state index in [1.807, 2.05) is 0 Å². The second-order valence-electron chi connectivity index (χ2n) is 5.95. The molecule has 18 heavy (non-hydrogen) atoms. The second kappa shape index (κ2) is 10.8. The van der Waals surface area contributed by atoms with Gasteiger partial charge in [0.1, 0.15) is 0 Å². The third-order valence-corrected chi connectivity index (χ3v) is 3.27. The van der Waals surface area contributed by atoms with Crippen molar-refractivity contribution in [2.24, 2.45) is 5.92 Å². The number of hydrogen-bond acceptors (Lipinski definition) is 3. The van der Waals surface area contributed by atoms with Gasteiger partial charge in [0.15, 0.2) is 0 Å². The predicted octanol–water partition coefficient (Wildman–Crippen LogP) is 2.28. The van der Waals surface area contributed by atoms with Crippen molar-refractivity contribution >= 4 is 0 Å². The molecule has 1 unspecified atom stereocenters. The Kier molecular flexibility index (Phi) is 10.7. The van der Waals surface area contributed by atoms with Crippen LogP contribution in [0.3, 0.4) is 0 Å². The molecule has 0 fully saturated rings. The number of nitrogens with one attached hydrogen (secondary N) is 1. The van der Waals surface area contributed by atoms with Crippen LogP contribution in [-0.4, -0.2) is 62.7 Å². The Morgan fingerprint density at radius 2 is 1.61 bits per heavy atom. The standard InChI is InChI=1S/C15H35N3/c1-7-9-18(11-10-17(5)6)15(8-2)13-16-12-14(3)4/h14-16H,7-13H2,1-6H3. The largest absolute Gasteiger partial charge is 0.315 e. The van der Waals surface area contributed by atoms with Gasteiger partial charge in [0.25, 0.3) is 0 Å². The van der Waals surface area contributed by atoms with Crippen LogP contribution in [0.25, 0.3) is 0 Å². The quantitative estimate of drug-likeness (QED) is 0.613. The van der Waals surface area contributed by atoms with Gasteiger partial charge >= 0.3 is 0 Å². The Balaban J connectivity index is 4.14. The molecule has 0 aromatic rings. The summed E-state index contributed by atoms with van der Waals surface area (Å²) >= 11 is 0. The molecule has 0 aliphatic rings. The van der Waals surface area contributed by atoms with Gasteiger partial charge in [-0.2, -0.15) is 0 Å². The molecule has 0 heterocycles. The molecule has 0 saturated heterocycles. The van der Waals surface area contributed by atoms with Gasteiger partial charge in [0.2, 0.25) is 0 Å². The Morgan fingerprint density at radius 1 is 0.944 bits per heavy atom. The molecular formula is C15H35N3. The van der Waals surface area contributed by atoms with Gasteiger partial charge in [-0.1, -0.05) is 27.7 Å². The zero-order chi connectivity index (χ0) is 14.0. The van der Waals surface area contributed by atoms with E-state index in [1.54, 1.807) is 0 Å². The summed E-state index contributed by atoms with van der Waals surface area (Å²) < 4.78 is 0. The molecule has 0 radical (unpaired) electrons. The normalized spacial score (nSPS) is 13.8. The van der Waals surface area contributed by atoms with Crippen LogP contribution < -0.4 is 5.32 Å². The third kappa shape index (κ3) is 8.90. The predicted molar refractivity (Wildman–Crippen MR) is 82.2 cm³/mol. The zero-order valence-electron chi connectivity index (χ0n) is 13.5. The average molecular weight is 257 g/mol. The number of nitrogens with zero attached hydrogens (tertiary/aromatic N) is 2. The molecule has 0 amide bonds. The first-order chi connectivity index (χ1) is 8.51. The fraction of sp³-hybridized carbons (Fsp3) is 1.00. The molecule has 1 N–H and O–H groups in total. The van der Waals surface area contributed by atoms with Crippen molar-refractivity contribution in [3.05, 3.63) is 0 Å². The number of rotatable bonds is 11. The maximum Gasteiger partial charge on any atom is 0.0218 e. The summed E-state index contributed by atoms with van der Waals surface area (Å²) in [6.45, 7) is 14.9. The minimum Gasteiger partial charge on any atom is -0.315 e. The minimum atomic E-state index is 0.684. The summed E-state index contributed by atoms with van der Waals surface area (Å²) in [5.74, 6) is 0.740. The van der Waals surface area contributed by atoms with E-state index in [0.29, 0.717) is 6.04 Å². The number of hydrogen-bond donors (Lipinski definition) is 1. The van der Waals surface area contributed by atoms with Crippen molar-refractivity contribution in [2.75, 3.05) is 46.8 Å². The van der Waals surface area contributed by atoms with Crippen LogP contribution in [0, 0.1) is 5.92 Å². The maximum absolute atomic E-state index is 3.61. The van der Waals surface area contributed by atoms with E-state index in [1.165, 1.54) is 25.9 Å². The molecule has 0 aromatic carbocycles. The Labute approximate surface area is 115 Å². The molecule has 110 valence electrons. The molecule has 0 aromatic heterocycles. The van der Waals surface area contributed by atoms with Gasteiger partial charge < -0.3 is 10.2 Å².